The molecule has 1 saturated heterocycles. The fourth-order valence-corrected chi connectivity index (χ4v) is 3.03. The Morgan fingerprint density at radius 3 is 2.38 bits per heavy atom. The first kappa shape index (κ1) is 15.9. The zero-order valence-electron chi connectivity index (χ0n) is 11.9. The third-order valence-electron chi connectivity index (χ3n) is 3.26. The first-order valence-corrected chi connectivity index (χ1v) is 8.47. The lowest BCUT2D eigenvalue weighted by Gasteiger charge is -2.34. The van der Waals surface area contributed by atoms with Crippen LogP contribution in [0.4, 0.5) is 20.4 Å². The van der Waals surface area contributed by atoms with Gasteiger partial charge in [0, 0.05) is 38.8 Å². The Morgan fingerprint density at radius 1 is 1.24 bits per heavy atom. The number of sulfonamides is 1. The average molecular weight is 320 g/mol. The second-order valence-corrected chi connectivity index (χ2v) is 6.79. The molecule has 0 atom stereocenters. The number of aromatic nitrogens is 1. The Morgan fingerprint density at radius 2 is 1.86 bits per heavy atom. The van der Waals surface area contributed by atoms with Crippen molar-refractivity contribution in [3.63, 3.8) is 0 Å². The molecule has 0 radical (unpaired) electrons. The van der Waals surface area contributed by atoms with E-state index in [0.717, 1.165) is 12.3 Å². The average Bonchev–Trinajstić information content (AvgIpc) is 2.41. The van der Waals surface area contributed by atoms with E-state index in [9.17, 15) is 17.2 Å². The van der Waals surface area contributed by atoms with Crippen molar-refractivity contribution in [3.8, 4) is 0 Å². The first-order chi connectivity index (χ1) is 9.82. The molecule has 1 aliphatic heterocycles. The van der Waals surface area contributed by atoms with Crippen molar-refractivity contribution in [3.05, 3.63) is 17.7 Å². The van der Waals surface area contributed by atoms with Gasteiger partial charge in [-0.05, 0) is 6.92 Å². The molecule has 1 N–H and O–H groups in total. The van der Waals surface area contributed by atoms with Gasteiger partial charge in [0.1, 0.15) is 0 Å². The summed E-state index contributed by atoms with van der Waals surface area (Å²) in [7, 11) is -3.24. The number of halogens is 2. The molecule has 1 aliphatic rings. The van der Waals surface area contributed by atoms with Gasteiger partial charge >= 0.3 is 0 Å². The molecule has 0 unspecified atom stereocenters. The Hall–Kier alpha value is -1.48. The minimum absolute atomic E-state index is 0.000516. The highest BCUT2D eigenvalue weighted by Crippen LogP contribution is 2.23. The van der Waals surface area contributed by atoms with Crippen LogP contribution in [0.15, 0.2) is 6.07 Å². The van der Waals surface area contributed by atoms with Crippen LogP contribution in [0, 0.1) is 11.6 Å². The molecule has 0 spiro atoms. The van der Waals surface area contributed by atoms with Crippen molar-refractivity contribution in [1.29, 1.82) is 0 Å². The van der Waals surface area contributed by atoms with Crippen LogP contribution in [0.2, 0.25) is 0 Å². The van der Waals surface area contributed by atoms with Crippen LogP contribution in [0.25, 0.3) is 0 Å². The molecule has 1 aromatic heterocycles. The molecule has 1 fully saturated rings. The van der Waals surface area contributed by atoms with Crippen LogP contribution in [0.3, 0.4) is 0 Å². The smallest absolute Gasteiger partial charge is 0.211 e. The Kier molecular flexibility index (Phi) is 4.62. The topological polar surface area (TPSA) is 65.5 Å². The maximum Gasteiger partial charge on any atom is 0.211 e. The van der Waals surface area contributed by atoms with Gasteiger partial charge in [-0.1, -0.05) is 0 Å². The highest BCUT2D eigenvalue weighted by atomic mass is 32.2. The van der Waals surface area contributed by atoms with E-state index in [1.807, 2.05) is 0 Å². The number of nitrogens with one attached hydrogen (secondary N) is 1. The van der Waals surface area contributed by atoms with Crippen molar-refractivity contribution < 1.29 is 17.2 Å². The van der Waals surface area contributed by atoms with Gasteiger partial charge in [0.05, 0.1) is 6.26 Å². The molecule has 2 heterocycles. The maximum atomic E-state index is 13.9. The summed E-state index contributed by atoms with van der Waals surface area (Å²) in [6.45, 7) is 3.40. The number of piperazine rings is 1. The first-order valence-electron chi connectivity index (χ1n) is 6.63. The molecule has 0 aromatic carbocycles. The van der Waals surface area contributed by atoms with Crippen molar-refractivity contribution in [1.82, 2.24) is 9.29 Å². The zero-order chi connectivity index (χ0) is 15.6. The van der Waals surface area contributed by atoms with Crippen molar-refractivity contribution >= 4 is 21.7 Å². The van der Waals surface area contributed by atoms with E-state index in [-0.39, 0.29) is 24.7 Å². The minimum atomic E-state index is -3.24. The molecule has 0 saturated carbocycles. The molecule has 0 bridgehead atoms. The van der Waals surface area contributed by atoms with Gasteiger partial charge in [0.2, 0.25) is 10.0 Å². The third kappa shape index (κ3) is 3.59. The summed E-state index contributed by atoms with van der Waals surface area (Å²) in [6, 6.07) is 0.795. The summed E-state index contributed by atoms with van der Waals surface area (Å²) in [5, 5.41) is 2.73. The maximum absolute atomic E-state index is 13.9. The summed E-state index contributed by atoms with van der Waals surface area (Å²) in [5.41, 5.74) is 0. The zero-order valence-corrected chi connectivity index (χ0v) is 12.8. The van der Waals surface area contributed by atoms with E-state index in [1.165, 1.54) is 4.31 Å². The van der Waals surface area contributed by atoms with Gasteiger partial charge in [-0.15, -0.1) is 0 Å². The molecule has 1 aromatic rings. The van der Waals surface area contributed by atoms with Crippen molar-refractivity contribution in [2.45, 2.75) is 6.92 Å². The van der Waals surface area contributed by atoms with E-state index in [4.69, 9.17) is 0 Å². The third-order valence-corrected chi connectivity index (χ3v) is 4.57. The summed E-state index contributed by atoms with van der Waals surface area (Å²) >= 11 is 0. The largest absolute Gasteiger partial charge is 0.368 e. The van der Waals surface area contributed by atoms with E-state index in [0.29, 0.717) is 19.6 Å². The summed E-state index contributed by atoms with van der Waals surface area (Å²) in [5.74, 6) is -1.45. The fourth-order valence-electron chi connectivity index (χ4n) is 2.20. The van der Waals surface area contributed by atoms with Crippen LogP contribution >= 0.6 is 0 Å². The van der Waals surface area contributed by atoms with Crippen LogP contribution in [-0.4, -0.2) is 56.7 Å². The van der Waals surface area contributed by atoms with E-state index in [2.05, 4.69) is 10.3 Å². The van der Waals surface area contributed by atoms with Gasteiger partial charge in [0.25, 0.3) is 0 Å². The van der Waals surface area contributed by atoms with Crippen molar-refractivity contribution in [2.24, 2.45) is 0 Å². The van der Waals surface area contributed by atoms with Crippen molar-refractivity contribution in [2.75, 3.05) is 49.2 Å². The van der Waals surface area contributed by atoms with Gasteiger partial charge < -0.3 is 10.2 Å². The SMILES string of the molecule is CCNc1nc(N2CCN(S(C)(=O)=O)CC2)c(F)cc1F. The quantitative estimate of drug-likeness (QED) is 0.892. The molecule has 21 heavy (non-hydrogen) atoms. The van der Waals surface area contributed by atoms with Gasteiger partial charge in [-0.2, -0.15) is 4.31 Å². The lowest BCUT2D eigenvalue weighted by molar-refractivity contribution is 0.384. The number of rotatable bonds is 4. The molecule has 2 rings (SSSR count). The highest BCUT2D eigenvalue weighted by molar-refractivity contribution is 7.88. The Bertz CT molecular complexity index is 616. The molecule has 9 heteroatoms. The second-order valence-electron chi connectivity index (χ2n) is 4.80. The summed E-state index contributed by atoms with van der Waals surface area (Å²) in [4.78, 5) is 5.59. The van der Waals surface area contributed by atoms with E-state index in [1.54, 1.807) is 11.8 Å². The van der Waals surface area contributed by atoms with Crippen LogP contribution < -0.4 is 10.2 Å². The predicted octanol–water partition coefficient (Wildman–Crippen LogP) is 0.873. The van der Waals surface area contributed by atoms with Crippen LogP contribution in [-0.2, 0) is 10.0 Å². The standard InChI is InChI=1S/C12H18F2N4O2S/c1-3-15-11-9(13)8-10(14)12(16-11)17-4-6-18(7-5-17)21(2,19)20/h8H,3-7H2,1-2H3,(H,15,16). The Balaban J connectivity index is 2.18. The molecular weight excluding hydrogens is 302 g/mol. The monoisotopic (exact) mass is 320 g/mol. The van der Waals surface area contributed by atoms with Gasteiger partial charge in [-0.25, -0.2) is 22.2 Å². The van der Waals surface area contributed by atoms with Crippen LogP contribution in [0.1, 0.15) is 6.92 Å². The fraction of sp³-hybridized carbons (Fsp3) is 0.583. The summed E-state index contributed by atoms with van der Waals surface area (Å²) < 4.78 is 51.6. The minimum Gasteiger partial charge on any atom is -0.368 e. The molecule has 6 nitrogen and oxygen atoms in total. The van der Waals surface area contributed by atoms with Gasteiger partial charge in [0.15, 0.2) is 23.3 Å². The highest BCUT2D eigenvalue weighted by Gasteiger charge is 2.26. The van der Waals surface area contributed by atoms with Crippen LogP contribution in [0.5, 0.6) is 0 Å². The summed E-state index contributed by atoms with van der Waals surface area (Å²) in [6.07, 6.45) is 1.14. The molecule has 118 valence electrons. The molecule has 0 aliphatic carbocycles. The number of pyridine rings is 1. The molecule has 0 amide bonds. The lowest BCUT2D eigenvalue weighted by Crippen LogP contribution is -2.48. The normalized spacial score (nSPS) is 17.0. The van der Waals surface area contributed by atoms with E-state index >= 15 is 0 Å². The second kappa shape index (κ2) is 6.10. The van der Waals surface area contributed by atoms with Gasteiger partial charge in [-0.3, -0.25) is 0 Å². The Labute approximate surface area is 122 Å². The number of hydrogen-bond donors (Lipinski definition) is 1. The predicted molar refractivity (Wildman–Crippen MR) is 76.9 cm³/mol. The molecular formula is C12H18F2N4O2S. The number of nitrogens with zero attached hydrogens (tertiary/aromatic N) is 3. The number of anilines is 2. The van der Waals surface area contributed by atoms with E-state index < -0.39 is 21.7 Å². The lowest BCUT2D eigenvalue weighted by atomic mass is 10.3. The number of hydrogen-bond acceptors (Lipinski definition) is 5.